The molecular weight excluding hydrogens is 334 g/mol. The number of aryl methyl sites for hydroxylation is 1. The van der Waals surface area contributed by atoms with Crippen LogP contribution in [-0.2, 0) is 12.8 Å². The first-order valence-electron chi connectivity index (χ1n) is 9.36. The molecule has 0 saturated carbocycles. The summed E-state index contributed by atoms with van der Waals surface area (Å²) in [6.07, 6.45) is 7.71. The summed E-state index contributed by atoms with van der Waals surface area (Å²) in [5.74, 6) is -0.968. The number of aromatic nitrogens is 1. The van der Waals surface area contributed by atoms with Crippen LogP contribution in [0.2, 0.25) is 0 Å². The molecule has 3 aromatic rings. The quantitative estimate of drug-likeness (QED) is 0.769. The van der Waals surface area contributed by atoms with Crippen molar-refractivity contribution in [3.05, 3.63) is 87.5 Å². The van der Waals surface area contributed by atoms with Crippen molar-refractivity contribution in [2.24, 2.45) is 0 Å². The van der Waals surface area contributed by atoms with E-state index in [-0.39, 0.29) is 5.69 Å². The first-order valence-corrected chi connectivity index (χ1v) is 9.36. The van der Waals surface area contributed by atoms with Crippen LogP contribution < -0.4 is 10.4 Å². The summed E-state index contributed by atoms with van der Waals surface area (Å²) < 4.78 is 0. The van der Waals surface area contributed by atoms with Gasteiger partial charge in [0.05, 0.1) is 0 Å². The number of carboxylic acid groups (broad SMARTS) is 1. The van der Waals surface area contributed by atoms with Crippen molar-refractivity contribution >= 4 is 17.6 Å². The molecule has 0 spiro atoms. The number of fused-ring (bicyclic) bond motifs is 5. The minimum absolute atomic E-state index is 0.147. The van der Waals surface area contributed by atoms with E-state index < -0.39 is 5.97 Å². The van der Waals surface area contributed by atoms with E-state index in [0.717, 1.165) is 36.8 Å². The lowest BCUT2D eigenvalue weighted by Crippen LogP contribution is -2.37. The normalized spacial score (nSPS) is 14.6. The average Bonchev–Trinajstić information content (AvgIpc) is 2.72. The highest BCUT2D eigenvalue weighted by molar-refractivity contribution is 5.92. The number of hydrogen-bond donors (Lipinski definition) is 1. The third-order valence-corrected chi connectivity index (χ3v) is 5.68. The molecule has 0 saturated heterocycles. The molecule has 3 nitrogen and oxygen atoms in total. The fourth-order valence-electron chi connectivity index (χ4n) is 4.52. The molecule has 0 aliphatic heterocycles. The number of pyridine rings is 1. The van der Waals surface area contributed by atoms with Crippen molar-refractivity contribution in [3.8, 4) is 11.1 Å². The van der Waals surface area contributed by atoms with Gasteiger partial charge in [-0.2, -0.15) is 0 Å². The standard InChI is InChI=1S/C24H19NO2/c26-24(27)23-21(9-4-14-25-23)19-8-3-6-16-11-12-18-17-7-2-1-5-15(17)10-13-20(18)22(16)19/h1-2,4-5,7,9,11-14H,3,6,8,10H2,(H,26,27). The summed E-state index contributed by atoms with van der Waals surface area (Å²) >= 11 is 0. The van der Waals surface area contributed by atoms with E-state index in [1.807, 2.05) is 12.1 Å². The largest absolute Gasteiger partial charge is 0.476 e. The smallest absolute Gasteiger partial charge is 0.355 e. The molecule has 0 amide bonds. The Kier molecular flexibility index (Phi) is 3.68. The van der Waals surface area contributed by atoms with Gasteiger partial charge < -0.3 is 5.11 Å². The molecule has 0 atom stereocenters. The number of hydrogen-bond acceptors (Lipinski definition) is 2. The van der Waals surface area contributed by atoms with E-state index in [9.17, 15) is 9.90 Å². The molecule has 3 heteroatoms. The minimum atomic E-state index is -0.968. The zero-order valence-corrected chi connectivity index (χ0v) is 14.9. The van der Waals surface area contributed by atoms with E-state index in [1.165, 1.54) is 32.7 Å². The highest BCUT2D eigenvalue weighted by atomic mass is 16.4. The highest BCUT2D eigenvalue weighted by Crippen LogP contribution is 2.28. The number of benzene rings is 2. The molecule has 5 rings (SSSR count). The van der Waals surface area contributed by atoms with Crippen molar-refractivity contribution in [2.45, 2.75) is 25.7 Å². The summed E-state index contributed by atoms with van der Waals surface area (Å²) in [6, 6.07) is 16.7. The first-order chi connectivity index (χ1) is 13.2. The van der Waals surface area contributed by atoms with Crippen molar-refractivity contribution in [2.75, 3.05) is 0 Å². The van der Waals surface area contributed by atoms with E-state index in [4.69, 9.17) is 0 Å². The van der Waals surface area contributed by atoms with Gasteiger partial charge in [-0.05, 0) is 70.0 Å². The van der Waals surface area contributed by atoms with E-state index >= 15 is 0 Å². The van der Waals surface area contributed by atoms with Gasteiger partial charge in [0.1, 0.15) is 0 Å². The molecule has 0 fully saturated rings. The second-order valence-electron chi connectivity index (χ2n) is 7.16. The predicted molar refractivity (Wildman–Crippen MR) is 106 cm³/mol. The van der Waals surface area contributed by atoms with Gasteiger partial charge in [0.15, 0.2) is 5.69 Å². The lowest BCUT2D eigenvalue weighted by Gasteiger charge is -2.22. The van der Waals surface area contributed by atoms with Gasteiger partial charge in [0.2, 0.25) is 0 Å². The van der Waals surface area contributed by atoms with E-state index in [2.05, 4.69) is 47.5 Å². The highest BCUT2D eigenvalue weighted by Gasteiger charge is 2.21. The fourth-order valence-corrected chi connectivity index (χ4v) is 4.52. The lowest BCUT2D eigenvalue weighted by molar-refractivity contribution is 0.0690. The van der Waals surface area contributed by atoms with E-state index in [1.54, 1.807) is 6.20 Å². The number of aromatic carboxylic acids is 1. The van der Waals surface area contributed by atoms with Gasteiger partial charge in [-0.25, -0.2) is 9.78 Å². The van der Waals surface area contributed by atoms with Crippen molar-refractivity contribution in [3.63, 3.8) is 0 Å². The second-order valence-corrected chi connectivity index (χ2v) is 7.16. The summed E-state index contributed by atoms with van der Waals surface area (Å²) in [5.41, 5.74) is 7.21. The molecule has 0 unspecified atom stereocenters. The van der Waals surface area contributed by atoms with Crippen LogP contribution in [0.1, 0.15) is 40.0 Å². The van der Waals surface area contributed by atoms with Crippen LogP contribution in [0.15, 0.2) is 54.7 Å². The van der Waals surface area contributed by atoms with Crippen LogP contribution >= 0.6 is 0 Å². The zero-order valence-electron chi connectivity index (χ0n) is 14.9. The van der Waals surface area contributed by atoms with Gasteiger partial charge >= 0.3 is 5.97 Å². The first kappa shape index (κ1) is 16.0. The van der Waals surface area contributed by atoms with Gasteiger partial charge in [0.25, 0.3) is 0 Å². The van der Waals surface area contributed by atoms with Crippen LogP contribution in [0, 0.1) is 0 Å². The molecule has 2 aliphatic carbocycles. The molecule has 132 valence electrons. The van der Waals surface area contributed by atoms with Crippen LogP contribution in [0.5, 0.6) is 0 Å². The number of carboxylic acids is 1. The Morgan fingerprint density at radius 1 is 0.889 bits per heavy atom. The third-order valence-electron chi connectivity index (χ3n) is 5.68. The number of nitrogens with zero attached hydrogens (tertiary/aromatic N) is 1. The van der Waals surface area contributed by atoms with Crippen molar-refractivity contribution in [1.29, 1.82) is 0 Å². The summed E-state index contributed by atoms with van der Waals surface area (Å²) in [7, 11) is 0. The van der Waals surface area contributed by atoms with Crippen LogP contribution in [0.3, 0.4) is 0 Å². The SMILES string of the molecule is O=C(O)c1ncccc1C1=c2c(ccc3c2=CCc2ccccc2-3)CCC1. The van der Waals surface area contributed by atoms with Crippen molar-refractivity contribution < 1.29 is 9.90 Å². The molecule has 1 aromatic heterocycles. The summed E-state index contributed by atoms with van der Waals surface area (Å²) in [4.78, 5) is 15.9. The Morgan fingerprint density at radius 3 is 2.63 bits per heavy atom. The van der Waals surface area contributed by atoms with E-state index in [0.29, 0.717) is 0 Å². The molecular formula is C24H19NO2. The third kappa shape index (κ3) is 2.50. The Labute approximate surface area is 157 Å². The maximum Gasteiger partial charge on any atom is 0.355 e. The molecule has 2 aliphatic rings. The molecule has 1 N–H and O–H groups in total. The minimum Gasteiger partial charge on any atom is -0.476 e. The summed E-state index contributed by atoms with van der Waals surface area (Å²) in [5, 5.41) is 12.1. The van der Waals surface area contributed by atoms with Gasteiger partial charge in [-0.3, -0.25) is 0 Å². The Balaban J connectivity index is 1.89. The lowest BCUT2D eigenvalue weighted by atomic mass is 9.82. The maximum atomic E-state index is 11.7. The summed E-state index contributed by atoms with van der Waals surface area (Å²) in [6.45, 7) is 0. The Hall–Kier alpha value is -3.20. The van der Waals surface area contributed by atoms with Gasteiger partial charge in [-0.15, -0.1) is 0 Å². The van der Waals surface area contributed by atoms with Gasteiger partial charge in [-0.1, -0.05) is 48.5 Å². The monoisotopic (exact) mass is 353 g/mol. The van der Waals surface area contributed by atoms with Gasteiger partial charge in [0, 0.05) is 11.8 Å². The van der Waals surface area contributed by atoms with Crippen LogP contribution in [0.25, 0.3) is 22.8 Å². The molecule has 2 aromatic carbocycles. The fraction of sp³-hybridized carbons (Fsp3) is 0.167. The topological polar surface area (TPSA) is 50.2 Å². The predicted octanol–water partition coefficient (Wildman–Crippen LogP) is 3.32. The zero-order chi connectivity index (χ0) is 18.4. The Morgan fingerprint density at radius 2 is 1.74 bits per heavy atom. The maximum absolute atomic E-state index is 11.7. The number of carbonyl (C=O) groups is 1. The van der Waals surface area contributed by atoms with Crippen LogP contribution in [-0.4, -0.2) is 16.1 Å². The molecule has 27 heavy (non-hydrogen) atoms. The second kappa shape index (κ2) is 6.20. The Bertz CT molecular complexity index is 1210. The molecule has 0 radical (unpaired) electrons. The van der Waals surface area contributed by atoms with Crippen molar-refractivity contribution in [1.82, 2.24) is 4.98 Å². The number of rotatable bonds is 2. The van der Waals surface area contributed by atoms with Crippen LogP contribution in [0.4, 0.5) is 0 Å². The molecule has 1 heterocycles. The average molecular weight is 353 g/mol. The molecule has 0 bridgehead atoms.